The monoisotopic (exact) mass is 220 g/mol. The van der Waals surface area contributed by atoms with Crippen LogP contribution in [0.1, 0.15) is 27.2 Å². The van der Waals surface area contributed by atoms with Crippen LogP contribution >= 0.6 is 0 Å². The number of aromatic nitrogens is 2. The molecular formula is C11H16N4O. The summed E-state index contributed by atoms with van der Waals surface area (Å²) in [5, 5.41) is 15.3. The summed E-state index contributed by atoms with van der Waals surface area (Å²) in [4.78, 5) is 11.8. The number of hydrogen-bond acceptors (Lipinski definition) is 3. The minimum absolute atomic E-state index is 0.0581. The van der Waals surface area contributed by atoms with Gasteiger partial charge in [0.15, 0.2) is 5.82 Å². The molecule has 0 saturated carbocycles. The van der Waals surface area contributed by atoms with Gasteiger partial charge < -0.3 is 5.32 Å². The van der Waals surface area contributed by atoms with Crippen LogP contribution in [0.3, 0.4) is 0 Å². The van der Waals surface area contributed by atoms with Gasteiger partial charge in [-0.05, 0) is 6.42 Å². The zero-order chi connectivity index (χ0) is 12.2. The Morgan fingerprint density at radius 2 is 2.38 bits per heavy atom. The van der Waals surface area contributed by atoms with E-state index in [4.69, 9.17) is 5.26 Å². The maximum atomic E-state index is 11.8. The Kier molecular flexibility index (Phi) is 3.67. The zero-order valence-corrected chi connectivity index (χ0v) is 9.82. The van der Waals surface area contributed by atoms with Crippen molar-refractivity contribution in [1.29, 1.82) is 5.26 Å². The van der Waals surface area contributed by atoms with Gasteiger partial charge in [0, 0.05) is 17.7 Å². The first-order valence-corrected chi connectivity index (χ1v) is 5.21. The smallest absolute Gasteiger partial charge is 0.231 e. The quantitative estimate of drug-likeness (QED) is 0.840. The second-order valence-corrected chi connectivity index (χ2v) is 4.25. The maximum Gasteiger partial charge on any atom is 0.231 e. The molecule has 1 N–H and O–H groups in total. The van der Waals surface area contributed by atoms with Gasteiger partial charge in [-0.3, -0.25) is 9.48 Å². The molecule has 0 unspecified atom stereocenters. The van der Waals surface area contributed by atoms with Gasteiger partial charge in [0.1, 0.15) is 6.54 Å². The molecule has 1 aromatic heterocycles. The summed E-state index contributed by atoms with van der Waals surface area (Å²) in [7, 11) is 0. The van der Waals surface area contributed by atoms with E-state index in [9.17, 15) is 4.79 Å². The summed E-state index contributed by atoms with van der Waals surface area (Å²) in [6.07, 6.45) is 2.43. The lowest BCUT2D eigenvalue weighted by molar-refractivity contribution is -0.124. The molecular weight excluding hydrogens is 204 g/mol. The van der Waals surface area contributed by atoms with Crippen molar-refractivity contribution in [3.63, 3.8) is 0 Å². The minimum Gasteiger partial charge on any atom is -0.309 e. The van der Waals surface area contributed by atoms with E-state index in [1.54, 1.807) is 12.3 Å². The van der Waals surface area contributed by atoms with Crippen LogP contribution in [0.25, 0.3) is 0 Å². The third-order valence-corrected chi connectivity index (χ3v) is 2.61. The second kappa shape index (κ2) is 4.79. The first-order valence-electron chi connectivity index (χ1n) is 5.21. The van der Waals surface area contributed by atoms with Gasteiger partial charge in [0.25, 0.3) is 0 Å². The maximum absolute atomic E-state index is 11.8. The lowest BCUT2D eigenvalue weighted by atomic mass is 9.89. The van der Waals surface area contributed by atoms with Crippen LogP contribution in [0.5, 0.6) is 0 Å². The molecule has 0 aromatic carbocycles. The molecule has 0 aliphatic heterocycles. The third-order valence-electron chi connectivity index (χ3n) is 2.61. The molecule has 1 aromatic rings. The van der Waals surface area contributed by atoms with Crippen LogP contribution in [0, 0.1) is 16.7 Å². The van der Waals surface area contributed by atoms with E-state index in [0.29, 0.717) is 5.82 Å². The highest BCUT2D eigenvalue weighted by Gasteiger charge is 2.25. The van der Waals surface area contributed by atoms with Crippen molar-refractivity contribution in [2.75, 3.05) is 5.32 Å². The van der Waals surface area contributed by atoms with E-state index >= 15 is 0 Å². The molecule has 86 valence electrons. The molecule has 0 aliphatic carbocycles. The van der Waals surface area contributed by atoms with Crippen molar-refractivity contribution in [2.45, 2.75) is 33.7 Å². The van der Waals surface area contributed by atoms with E-state index in [2.05, 4.69) is 10.4 Å². The molecule has 0 fully saturated rings. The van der Waals surface area contributed by atoms with E-state index in [1.165, 1.54) is 4.68 Å². The highest BCUT2D eigenvalue weighted by atomic mass is 16.2. The number of carbonyl (C=O) groups excluding carboxylic acids is 1. The lowest BCUT2D eigenvalue weighted by Gasteiger charge is -2.20. The van der Waals surface area contributed by atoms with E-state index in [0.717, 1.165) is 6.42 Å². The predicted octanol–water partition coefficient (Wildman–Crippen LogP) is 1.78. The van der Waals surface area contributed by atoms with Crippen molar-refractivity contribution in [1.82, 2.24) is 9.78 Å². The topological polar surface area (TPSA) is 70.7 Å². The van der Waals surface area contributed by atoms with Crippen LogP contribution in [0.15, 0.2) is 12.3 Å². The SMILES string of the molecule is CCC(C)(C)C(=O)Nc1ccn(CC#N)n1. The lowest BCUT2D eigenvalue weighted by Crippen LogP contribution is -2.30. The number of nitriles is 1. The fourth-order valence-corrected chi connectivity index (χ4v) is 1.03. The normalized spacial score (nSPS) is 10.9. The summed E-state index contributed by atoms with van der Waals surface area (Å²) in [5.41, 5.74) is -0.404. The van der Waals surface area contributed by atoms with Gasteiger partial charge >= 0.3 is 0 Å². The Morgan fingerprint density at radius 1 is 1.69 bits per heavy atom. The molecule has 1 heterocycles. The predicted molar refractivity (Wildman–Crippen MR) is 60.5 cm³/mol. The van der Waals surface area contributed by atoms with E-state index < -0.39 is 5.41 Å². The average Bonchev–Trinajstić information content (AvgIpc) is 2.66. The summed E-state index contributed by atoms with van der Waals surface area (Å²) in [5.74, 6) is 0.430. The summed E-state index contributed by atoms with van der Waals surface area (Å²) >= 11 is 0. The van der Waals surface area contributed by atoms with Crippen LogP contribution in [0.2, 0.25) is 0 Å². The highest BCUT2D eigenvalue weighted by Crippen LogP contribution is 2.21. The number of nitrogens with zero attached hydrogens (tertiary/aromatic N) is 3. The number of nitrogens with one attached hydrogen (secondary N) is 1. The molecule has 0 radical (unpaired) electrons. The molecule has 0 aliphatic rings. The Morgan fingerprint density at radius 3 is 2.94 bits per heavy atom. The van der Waals surface area contributed by atoms with E-state index in [-0.39, 0.29) is 12.5 Å². The fraction of sp³-hybridized carbons (Fsp3) is 0.545. The van der Waals surface area contributed by atoms with Gasteiger partial charge in [-0.1, -0.05) is 20.8 Å². The third kappa shape index (κ3) is 2.83. The molecule has 1 amide bonds. The van der Waals surface area contributed by atoms with Crippen LogP contribution in [-0.4, -0.2) is 15.7 Å². The summed E-state index contributed by atoms with van der Waals surface area (Å²) < 4.78 is 1.48. The second-order valence-electron chi connectivity index (χ2n) is 4.25. The number of rotatable bonds is 4. The van der Waals surface area contributed by atoms with Gasteiger partial charge in [-0.2, -0.15) is 10.4 Å². The van der Waals surface area contributed by atoms with E-state index in [1.807, 2.05) is 26.8 Å². The fourth-order valence-electron chi connectivity index (χ4n) is 1.03. The molecule has 5 heteroatoms. The van der Waals surface area contributed by atoms with Gasteiger partial charge in [0.2, 0.25) is 5.91 Å². The summed E-state index contributed by atoms with van der Waals surface area (Å²) in [6.45, 7) is 5.92. The first-order chi connectivity index (χ1) is 7.49. The Hall–Kier alpha value is -1.83. The number of amides is 1. The van der Waals surface area contributed by atoms with Crippen LogP contribution < -0.4 is 5.32 Å². The summed E-state index contributed by atoms with van der Waals surface area (Å²) in [6, 6.07) is 3.66. The van der Waals surface area contributed by atoms with Gasteiger partial charge in [0.05, 0.1) is 6.07 Å². The molecule has 0 bridgehead atoms. The van der Waals surface area contributed by atoms with Gasteiger partial charge in [-0.25, -0.2) is 0 Å². The largest absolute Gasteiger partial charge is 0.309 e. The molecule has 0 atom stereocenters. The van der Waals surface area contributed by atoms with Crippen molar-refractivity contribution >= 4 is 11.7 Å². The number of carbonyl (C=O) groups is 1. The Balaban J connectivity index is 2.67. The van der Waals surface area contributed by atoms with Crippen molar-refractivity contribution in [2.24, 2.45) is 5.41 Å². The van der Waals surface area contributed by atoms with Crippen molar-refractivity contribution < 1.29 is 4.79 Å². The van der Waals surface area contributed by atoms with Crippen molar-refractivity contribution in [3.05, 3.63) is 12.3 Å². The molecule has 0 spiro atoms. The minimum atomic E-state index is -0.404. The molecule has 0 saturated heterocycles. The zero-order valence-electron chi connectivity index (χ0n) is 9.82. The van der Waals surface area contributed by atoms with Crippen molar-refractivity contribution in [3.8, 4) is 6.07 Å². The van der Waals surface area contributed by atoms with Crippen LogP contribution in [0.4, 0.5) is 5.82 Å². The Labute approximate surface area is 95.1 Å². The van der Waals surface area contributed by atoms with Crippen LogP contribution in [-0.2, 0) is 11.3 Å². The first kappa shape index (κ1) is 12.2. The molecule has 1 rings (SSSR count). The standard InChI is InChI=1S/C11H16N4O/c1-4-11(2,3)10(16)13-9-5-7-15(14-9)8-6-12/h5,7H,4,8H2,1-3H3,(H,13,14,16). The van der Waals surface area contributed by atoms with Gasteiger partial charge in [-0.15, -0.1) is 0 Å². The molecule has 5 nitrogen and oxygen atoms in total. The average molecular weight is 220 g/mol. The number of anilines is 1. The highest BCUT2D eigenvalue weighted by molar-refractivity contribution is 5.93. The Bertz CT molecular complexity index is 414. The molecule has 16 heavy (non-hydrogen) atoms. The number of hydrogen-bond donors (Lipinski definition) is 1.